The SMILES string of the molecule is Cc1cccnc1CN1CCN(C(=O)[C@H](N)CC(C)C)CC1. The smallest absolute Gasteiger partial charge is 0.239 e. The monoisotopic (exact) mass is 304 g/mol. The number of aryl methyl sites for hydroxylation is 1. The molecule has 22 heavy (non-hydrogen) atoms. The number of carbonyl (C=O) groups excluding carboxylic acids is 1. The fraction of sp³-hybridized carbons (Fsp3) is 0.647. The van der Waals surface area contributed by atoms with Gasteiger partial charge in [-0.2, -0.15) is 0 Å². The van der Waals surface area contributed by atoms with Crippen LogP contribution < -0.4 is 5.73 Å². The lowest BCUT2D eigenvalue weighted by molar-refractivity contribution is -0.134. The molecule has 1 aromatic rings. The van der Waals surface area contributed by atoms with E-state index in [9.17, 15) is 4.79 Å². The van der Waals surface area contributed by atoms with E-state index in [2.05, 4.69) is 36.7 Å². The number of hydrogen-bond donors (Lipinski definition) is 1. The average Bonchev–Trinajstić information content (AvgIpc) is 2.49. The third-order valence-electron chi connectivity index (χ3n) is 4.22. The molecule has 0 unspecified atom stereocenters. The van der Waals surface area contributed by atoms with Gasteiger partial charge in [-0.3, -0.25) is 14.7 Å². The Morgan fingerprint density at radius 1 is 1.32 bits per heavy atom. The van der Waals surface area contributed by atoms with Crippen molar-refractivity contribution < 1.29 is 4.79 Å². The second kappa shape index (κ2) is 7.70. The van der Waals surface area contributed by atoms with Gasteiger partial charge in [0.25, 0.3) is 0 Å². The normalized spacial score (nSPS) is 17.8. The average molecular weight is 304 g/mol. The van der Waals surface area contributed by atoms with E-state index < -0.39 is 0 Å². The van der Waals surface area contributed by atoms with Gasteiger partial charge in [0, 0.05) is 38.9 Å². The van der Waals surface area contributed by atoms with Crippen LogP contribution in [0, 0.1) is 12.8 Å². The Morgan fingerprint density at radius 3 is 2.59 bits per heavy atom. The van der Waals surface area contributed by atoms with Gasteiger partial charge in [0.05, 0.1) is 11.7 Å². The summed E-state index contributed by atoms with van der Waals surface area (Å²) in [5.74, 6) is 0.551. The fourth-order valence-corrected chi connectivity index (χ4v) is 2.87. The Morgan fingerprint density at radius 2 is 2.00 bits per heavy atom. The molecule has 1 aliphatic heterocycles. The zero-order chi connectivity index (χ0) is 16.1. The number of rotatable bonds is 5. The molecule has 0 bridgehead atoms. The van der Waals surface area contributed by atoms with Gasteiger partial charge in [-0.05, 0) is 30.9 Å². The molecule has 2 heterocycles. The van der Waals surface area contributed by atoms with E-state index >= 15 is 0 Å². The maximum atomic E-state index is 12.3. The number of carbonyl (C=O) groups is 1. The maximum absolute atomic E-state index is 12.3. The molecule has 1 aliphatic rings. The molecule has 0 saturated carbocycles. The number of aromatic nitrogens is 1. The molecular weight excluding hydrogens is 276 g/mol. The topological polar surface area (TPSA) is 62.5 Å². The summed E-state index contributed by atoms with van der Waals surface area (Å²) in [4.78, 5) is 21.0. The van der Waals surface area contributed by atoms with Crippen LogP contribution >= 0.6 is 0 Å². The van der Waals surface area contributed by atoms with Crippen molar-refractivity contribution in [3.05, 3.63) is 29.6 Å². The van der Waals surface area contributed by atoms with Crippen molar-refractivity contribution in [1.82, 2.24) is 14.8 Å². The van der Waals surface area contributed by atoms with Gasteiger partial charge >= 0.3 is 0 Å². The molecule has 0 aromatic carbocycles. The molecule has 2 rings (SSSR count). The third kappa shape index (κ3) is 4.52. The Kier molecular flexibility index (Phi) is 5.91. The lowest BCUT2D eigenvalue weighted by Gasteiger charge is -2.36. The minimum Gasteiger partial charge on any atom is -0.339 e. The van der Waals surface area contributed by atoms with Crippen LogP contribution in [-0.4, -0.2) is 52.9 Å². The van der Waals surface area contributed by atoms with Crippen LogP contribution in [0.25, 0.3) is 0 Å². The molecule has 2 N–H and O–H groups in total. The van der Waals surface area contributed by atoms with Crippen LogP contribution in [0.2, 0.25) is 0 Å². The molecule has 1 amide bonds. The Labute approximate surface area is 133 Å². The van der Waals surface area contributed by atoms with Crippen molar-refractivity contribution >= 4 is 5.91 Å². The van der Waals surface area contributed by atoms with E-state index in [1.807, 2.05) is 17.2 Å². The first-order valence-electron chi connectivity index (χ1n) is 8.14. The van der Waals surface area contributed by atoms with Crippen LogP contribution in [0.15, 0.2) is 18.3 Å². The van der Waals surface area contributed by atoms with Gasteiger partial charge < -0.3 is 10.6 Å². The zero-order valence-electron chi connectivity index (χ0n) is 14.0. The molecule has 1 aromatic heterocycles. The maximum Gasteiger partial charge on any atom is 0.239 e. The lowest BCUT2D eigenvalue weighted by Crippen LogP contribution is -2.53. The number of nitrogens with zero attached hydrogens (tertiary/aromatic N) is 3. The van der Waals surface area contributed by atoms with Crippen molar-refractivity contribution in [2.75, 3.05) is 26.2 Å². The molecule has 5 heteroatoms. The van der Waals surface area contributed by atoms with E-state index in [1.54, 1.807) is 0 Å². The number of amides is 1. The summed E-state index contributed by atoms with van der Waals surface area (Å²) < 4.78 is 0. The first-order valence-corrected chi connectivity index (χ1v) is 8.14. The van der Waals surface area contributed by atoms with Gasteiger partial charge in [0.1, 0.15) is 0 Å². The van der Waals surface area contributed by atoms with Gasteiger partial charge in [0.2, 0.25) is 5.91 Å². The quantitative estimate of drug-likeness (QED) is 0.893. The number of pyridine rings is 1. The van der Waals surface area contributed by atoms with Crippen molar-refractivity contribution in [3.63, 3.8) is 0 Å². The highest BCUT2D eigenvalue weighted by molar-refractivity contribution is 5.81. The van der Waals surface area contributed by atoms with Gasteiger partial charge in [-0.25, -0.2) is 0 Å². The number of piperazine rings is 1. The number of nitrogens with two attached hydrogens (primary N) is 1. The molecule has 0 radical (unpaired) electrons. The molecule has 5 nitrogen and oxygen atoms in total. The standard InChI is InChI=1S/C17H28N4O/c1-13(2)11-15(18)17(22)21-9-7-20(8-10-21)12-16-14(3)5-4-6-19-16/h4-6,13,15H,7-12,18H2,1-3H3/t15-/m1/s1. The second-order valence-corrected chi connectivity index (χ2v) is 6.60. The Hall–Kier alpha value is -1.46. The highest BCUT2D eigenvalue weighted by Crippen LogP contribution is 2.12. The zero-order valence-corrected chi connectivity index (χ0v) is 14.0. The highest BCUT2D eigenvalue weighted by Gasteiger charge is 2.25. The van der Waals surface area contributed by atoms with Crippen molar-refractivity contribution in [3.8, 4) is 0 Å². The minimum absolute atomic E-state index is 0.0994. The second-order valence-electron chi connectivity index (χ2n) is 6.60. The fourth-order valence-electron chi connectivity index (χ4n) is 2.87. The molecule has 1 fully saturated rings. The van der Waals surface area contributed by atoms with Crippen molar-refractivity contribution in [2.45, 2.75) is 39.8 Å². The predicted molar refractivity (Wildman–Crippen MR) is 88.3 cm³/mol. The first kappa shape index (κ1) is 16.9. The molecular formula is C17H28N4O. The third-order valence-corrected chi connectivity index (χ3v) is 4.22. The van der Waals surface area contributed by atoms with E-state index in [0.29, 0.717) is 5.92 Å². The summed E-state index contributed by atoms with van der Waals surface area (Å²) in [6.45, 7) is 10.4. The summed E-state index contributed by atoms with van der Waals surface area (Å²) >= 11 is 0. The van der Waals surface area contributed by atoms with Crippen LogP contribution in [0.4, 0.5) is 0 Å². The Balaban J connectivity index is 1.83. The predicted octanol–water partition coefficient (Wildman–Crippen LogP) is 1.41. The van der Waals surface area contributed by atoms with Gasteiger partial charge in [-0.1, -0.05) is 19.9 Å². The van der Waals surface area contributed by atoms with Crippen LogP contribution in [0.3, 0.4) is 0 Å². The molecule has 1 saturated heterocycles. The van der Waals surface area contributed by atoms with Crippen LogP contribution in [-0.2, 0) is 11.3 Å². The van der Waals surface area contributed by atoms with Crippen LogP contribution in [0.5, 0.6) is 0 Å². The van der Waals surface area contributed by atoms with Crippen molar-refractivity contribution in [2.24, 2.45) is 11.7 Å². The lowest BCUT2D eigenvalue weighted by atomic mass is 10.0. The first-order chi connectivity index (χ1) is 10.5. The molecule has 1 atom stereocenters. The molecule has 0 spiro atoms. The summed E-state index contributed by atoms with van der Waals surface area (Å²) in [5.41, 5.74) is 8.36. The highest BCUT2D eigenvalue weighted by atomic mass is 16.2. The van der Waals surface area contributed by atoms with E-state index in [0.717, 1.165) is 44.8 Å². The van der Waals surface area contributed by atoms with Crippen LogP contribution in [0.1, 0.15) is 31.5 Å². The van der Waals surface area contributed by atoms with Gasteiger partial charge in [-0.15, -0.1) is 0 Å². The Bertz CT molecular complexity index is 495. The van der Waals surface area contributed by atoms with E-state index in [4.69, 9.17) is 5.73 Å². The minimum atomic E-state index is -0.357. The molecule has 122 valence electrons. The summed E-state index contributed by atoms with van der Waals surface area (Å²) in [6.07, 6.45) is 2.60. The summed E-state index contributed by atoms with van der Waals surface area (Å²) in [5, 5.41) is 0. The number of hydrogen-bond acceptors (Lipinski definition) is 4. The van der Waals surface area contributed by atoms with Crippen molar-refractivity contribution in [1.29, 1.82) is 0 Å². The largest absolute Gasteiger partial charge is 0.339 e. The molecule has 0 aliphatic carbocycles. The van der Waals surface area contributed by atoms with E-state index in [-0.39, 0.29) is 11.9 Å². The van der Waals surface area contributed by atoms with E-state index in [1.165, 1.54) is 5.56 Å². The van der Waals surface area contributed by atoms with Gasteiger partial charge in [0.15, 0.2) is 0 Å². The summed E-state index contributed by atoms with van der Waals surface area (Å²) in [7, 11) is 0. The summed E-state index contributed by atoms with van der Waals surface area (Å²) in [6, 6.07) is 3.70.